The molecular weight excluding hydrogens is 392 g/mol. The first-order chi connectivity index (χ1) is 13.7. The monoisotopic (exact) mass is 410 g/mol. The normalized spacial score (nSPS) is 10.3. The van der Waals surface area contributed by atoms with Gasteiger partial charge in [-0.05, 0) is 42.7 Å². The highest BCUT2D eigenvalue weighted by Gasteiger charge is 2.15. The van der Waals surface area contributed by atoms with Gasteiger partial charge in [0.05, 0.1) is 11.3 Å². The summed E-state index contributed by atoms with van der Waals surface area (Å²) >= 11 is 2.90. The third kappa shape index (κ3) is 5.37. The first-order valence-electron chi connectivity index (χ1n) is 8.45. The second-order valence-corrected chi connectivity index (χ2v) is 7.51. The van der Waals surface area contributed by atoms with Crippen LogP contribution in [0, 0.1) is 0 Å². The first kappa shape index (κ1) is 20.0. The number of carbonyl (C=O) groups is 2. The standard InChI is InChI=1S/C21H18N2O3S2/c1-27-20-16(10-7-13-22-20)21(25)26-14-19(24)23-17-11-5-6-12-18(17)28-15-8-3-2-4-9-15/h2-13H,14H2,1H3,(H,23,24). The molecule has 0 aliphatic heterocycles. The lowest BCUT2D eigenvalue weighted by Crippen LogP contribution is -2.21. The van der Waals surface area contributed by atoms with E-state index >= 15 is 0 Å². The number of benzene rings is 2. The zero-order chi connectivity index (χ0) is 19.8. The van der Waals surface area contributed by atoms with Crippen molar-refractivity contribution in [2.75, 3.05) is 18.2 Å². The average Bonchev–Trinajstić information content (AvgIpc) is 2.74. The maximum Gasteiger partial charge on any atom is 0.341 e. The number of esters is 1. The minimum absolute atomic E-state index is 0.350. The van der Waals surface area contributed by atoms with Gasteiger partial charge in [0, 0.05) is 16.0 Å². The Balaban J connectivity index is 1.62. The Labute approximate surface area is 171 Å². The van der Waals surface area contributed by atoms with Crippen LogP contribution < -0.4 is 5.32 Å². The highest BCUT2D eigenvalue weighted by Crippen LogP contribution is 2.33. The van der Waals surface area contributed by atoms with Crippen LogP contribution in [0.4, 0.5) is 5.69 Å². The predicted octanol–water partition coefficient (Wildman–Crippen LogP) is 4.75. The van der Waals surface area contributed by atoms with Gasteiger partial charge in [0.25, 0.3) is 5.91 Å². The van der Waals surface area contributed by atoms with Gasteiger partial charge in [0.1, 0.15) is 5.03 Å². The van der Waals surface area contributed by atoms with Gasteiger partial charge in [-0.15, -0.1) is 11.8 Å². The summed E-state index contributed by atoms with van der Waals surface area (Å²) in [4.78, 5) is 30.6. The topological polar surface area (TPSA) is 68.3 Å². The average molecular weight is 411 g/mol. The van der Waals surface area contributed by atoms with Gasteiger partial charge in [-0.3, -0.25) is 4.79 Å². The number of pyridine rings is 1. The molecule has 1 N–H and O–H groups in total. The lowest BCUT2D eigenvalue weighted by molar-refractivity contribution is -0.119. The number of rotatable bonds is 7. The largest absolute Gasteiger partial charge is 0.452 e. The number of nitrogens with zero attached hydrogens (tertiary/aromatic N) is 1. The van der Waals surface area contributed by atoms with E-state index in [9.17, 15) is 9.59 Å². The molecule has 0 aliphatic carbocycles. The van der Waals surface area contributed by atoms with E-state index < -0.39 is 11.9 Å². The Kier molecular flexibility index (Phi) is 7.11. The number of anilines is 1. The van der Waals surface area contributed by atoms with Crippen LogP contribution >= 0.6 is 23.5 Å². The van der Waals surface area contributed by atoms with Gasteiger partial charge in [-0.25, -0.2) is 9.78 Å². The number of thioether (sulfide) groups is 1. The second kappa shape index (κ2) is 9.96. The van der Waals surface area contributed by atoms with E-state index in [1.807, 2.05) is 60.9 Å². The van der Waals surface area contributed by atoms with Crippen molar-refractivity contribution in [1.29, 1.82) is 0 Å². The van der Waals surface area contributed by atoms with Crippen LogP contribution in [0.2, 0.25) is 0 Å². The lowest BCUT2D eigenvalue weighted by Gasteiger charge is -2.11. The van der Waals surface area contributed by atoms with Crippen molar-refractivity contribution >= 4 is 41.1 Å². The van der Waals surface area contributed by atoms with Gasteiger partial charge >= 0.3 is 5.97 Å². The molecule has 0 fully saturated rings. The van der Waals surface area contributed by atoms with Crippen LogP contribution in [0.3, 0.4) is 0 Å². The Morgan fingerprint density at radius 1 is 1.00 bits per heavy atom. The molecule has 0 saturated carbocycles. The molecule has 7 heteroatoms. The molecule has 5 nitrogen and oxygen atoms in total. The van der Waals surface area contributed by atoms with Crippen molar-refractivity contribution < 1.29 is 14.3 Å². The number of hydrogen-bond donors (Lipinski definition) is 1. The highest BCUT2D eigenvalue weighted by atomic mass is 32.2. The number of nitrogens with one attached hydrogen (secondary N) is 1. The molecule has 0 radical (unpaired) electrons. The molecule has 1 amide bonds. The molecule has 0 bridgehead atoms. The SMILES string of the molecule is CSc1ncccc1C(=O)OCC(=O)Nc1ccccc1Sc1ccccc1. The van der Waals surface area contributed by atoms with Crippen LogP contribution in [0.5, 0.6) is 0 Å². The summed E-state index contributed by atoms with van der Waals surface area (Å²) in [5, 5.41) is 3.38. The van der Waals surface area contributed by atoms with E-state index in [2.05, 4.69) is 10.3 Å². The van der Waals surface area contributed by atoms with Crippen LogP contribution in [0.15, 0.2) is 87.7 Å². The predicted molar refractivity (Wildman–Crippen MR) is 112 cm³/mol. The highest BCUT2D eigenvalue weighted by molar-refractivity contribution is 7.99. The molecule has 1 aromatic heterocycles. The quantitative estimate of drug-likeness (QED) is 0.448. The lowest BCUT2D eigenvalue weighted by atomic mass is 10.3. The van der Waals surface area contributed by atoms with E-state index in [4.69, 9.17) is 4.74 Å². The van der Waals surface area contributed by atoms with E-state index in [1.54, 1.807) is 30.1 Å². The van der Waals surface area contributed by atoms with Crippen LogP contribution in [0.1, 0.15) is 10.4 Å². The molecule has 28 heavy (non-hydrogen) atoms. The maximum atomic E-state index is 12.3. The Bertz CT molecular complexity index is 965. The second-order valence-electron chi connectivity index (χ2n) is 5.60. The van der Waals surface area contributed by atoms with Gasteiger partial charge < -0.3 is 10.1 Å². The molecule has 0 aliphatic rings. The third-order valence-corrected chi connectivity index (χ3v) is 5.45. The fourth-order valence-electron chi connectivity index (χ4n) is 2.38. The zero-order valence-electron chi connectivity index (χ0n) is 15.1. The number of carbonyl (C=O) groups excluding carboxylic acids is 2. The minimum Gasteiger partial charge on any atom is -0.452 e. The zero-order valence-corrected chi connectivity index (χ0v) is 16.8. The molecule has 0 spiro atoms. The van der Waals surface area contributed by atoms with E-state index in [-0.39, 0.29) is 6.61 Å². The van der Waals surface area contributed by atoms with Gasteiger partial charge in [0.2, 0.25) is 0 Å². The Morgan fingerprint density at radius 2 is 1.75 bits per heavy atom. The van der Waals surface area contributed by atoms with Crippen molar-refractivity contribution in [2.45, 2.75) is 14.8 Å². The van der Waals surface area contributed by atoms with Crippen molar-refractivity contribution in [3.63, 3.8) is 0 Å². The van der Waals surface area contributed by atoms with Crippen LogP contribution in [-0.4, -0.2) is 29.7 Å². The van der Waals surface area contributed by atoms with E-state index in [0.717, 1.165) is 9.79 Å². The van der Waals surface area contributed by atoms with Gasteiger partial charge in [-0.1, -0.05) is 42.1 Å². The smallest absolute Gasteiger partial charge is 0.341 e. The molecule has 1 heterocycles. The number of hydrogen-bond acceptors (Lipinski definition) is 6. The van der Waals surface area contributed by atoms with E-state index in [1.165, 1.54) is 11.8 Å². The summed E-state index contributed by atoms with van der Waals surface area (Å²) in [6, 6.07) is 20.7. The van der Waals surface area contributed by atoms with Crippen molar-refractivity contribution in [2.24, 2.45) is 0 Å². The number of para-hydroxylation sites is 1. The van der Waals surface area contributed by atoms with Crippen molar-refractivity contribution in [3.05, 3.63) is 78.5 Å². The van der Waals surface area contributed by atoms with Crippen LogP contribution in [-0.2, 0) is 9.53 Å². The van der Waals surface area contributed by atoms with Gasteiger partial charge in [0.15, 0.2) is 6.61 Å². The number of aromatic nitrogens is 1. The molecule has 0 saturated heterocycles. The summed E-state index contributed by atoms with van der Waals surface area (Å²) < 4.78 is 5.15. The Morgan fingerprint density at radius 3 is 2.54 bits per heavy atom. The maximum absolute atomic E-state index is 12.3. The fourth-order valence-corrected chi connectivity index (χ4v) is 3.84. The summed E-state index contributed by atoms with van der Waals surface area (Å²) in [6.07, 6.45) is 3.43. The molecule has 3 rings (SSSR count). The molecule has 0 atom stereocenters. The molecule has 0 unspecified atom stereocenters. The van der Waals surface area contributed by atoms with Crippen LogP contribution in [0.25, 0.3) is 0 Å². The van der Waals surface area contributed by atoms with Crippen molar-refractivity contribution in [1.82, 2.24) is 4.98 Å². The summed E-state index contributed by atoms with van der Waals surface area (Å²) in [6.45, 7) is -0.369. The summed E-state index contributed by atoms with van der Waals surface area (Å²) in [7, 11) is 0. The number of amides is 1. The molecular formula is C21H18N2O3S2. The summed E-state index contributed by atoms with van der Waals surface area (Å²) in [5.41, 5.74) is 1.02. The van der Waals surface area contributed by atoms with Crippen molar-refractivity contribution in [3.8, 4) is 0 Å². The van der Waals surface area contributed by atoms with E-state index in [0.29, 0.717) is 16.3 Å². The molecule has 142 valence electrons. The minimum atomic E-state index is -0.570. The Hall–Kier alpha value is -2.77. The van der Waals surface area contributed by atoms with Gasteiger partial charge in [-0.2, -0.15) is 0 Å². The fraction of sp³-hybridized carbons (Fsp3) is 0.0952. The summed E-state index contributed by atoms with van der Waals surface area (Å²) in [5.74, 6) is -0.969. The first-order valence-corrected chi connectivity index (χ1v) is 10.5. The number of ether oxygens (including phenoxy) is 1. The third-order valence-electron chi connectivity index (χ3n) is 3.65. The molecule has 3 aromatic rings. The molecule has 2 aromatic carbocycles.